The van der Waals surface area contributed by atoms with Gasteiger partial charge < -0.3 is 15.0 Å². The molecule has 2 aromatic heterocycles. The van der Waals surface area contributed by atoms with Crippen LogP contribution in [0.1, 0.15) is 40.3 Å². The van der Waals surface area contributed by atoms with Crippen molar-refractivity contribution in [3.05, 3.63) is 82.0 Å². The van der Waals surface area contributed by atoms with Gasteiger partial charge in [0, 0.05) is 42.2 Å². The van der Waals surface area contributed by atoms with Crippen LogP contribution in [0.2, 0.25) is 0 Å². The van der Waals surface area contributed by atoms with E-state index >= 15 is 0 Å². The first kappa shape index (κ1) is 23.7. The van der Waals surface area contributed by atoms with E-state index in [1.807, 2.05) is 37.3 Å². The van der Waals surface area contributed by atoms with Crippen LogP contribution in [-0.4, -0.2) is 56.0 Å². The normalized spacial score (nSPS) is 17.3. The fraction of sp³-hybridized carbons (Fsp3) is 0.269. The molecule has 0 aliphatic carbocycles. The number of hydrogen-bond donors (Lipinski definition) is 3. The molecule has 1 fully saturated rings. The summed E-state index contributed by atoms with van der Waals surface area (Å²) in [7, 11) is 0. The molecule has 9 nitrogen and oxygen atoms in total. The highest BCUT2D eigenvalue weighted by atomic mass is 32.1. The van der Waals surface area contributed by atoms with Crippen molar-refractivity contribution in [2.45, 2.75) is 32.4 Å². The number of benzene rings is 2. The second-order valence-electron chi connectivity index (χ2n) is 8.92. The molecule has 0 bridgehead atoms. The Morgan fingerprint density at radius 3 is 2.61 bits per heavy atom. The van der Waals surface area contributed by atoms with Gasteiger partial charge in [-0.1, -0.05) is 18.2 Å². The minimum Gasteiger partial charge on any atom is -0.489 e. The highest BCUT2D eigenvalue weighted by Crippen LogP contribution is 2.26. The molecule has 184 valence electrons. The number of amides is 2. The van der Waals surface area contributed by atoms with Crippen molar-refractivity contribution in [1.82, 2.24) is 30.4 Å². The summed E-state index contributed by atoms with van der Waals surface area (Å²) in [4.78, 5) is 35.5. The molecule has 2 aromatic carbocycles. The highest BCUT2D eigenvalue weighted by molar-refractivity contribution is 7.71. The maximum Gasteiger partial charge on any atom is 0.251 e. The highest BCUT2D eigenvalue weighted by Gasteiger charge is 2.38. The molecular formula is C26H26N6O3S. The number of fused-ring (bicyclic) bond motifs is 1. The molecule has 3 heterocycles. The van der Waals surface area contributed by atoms with E-state index in [2.05, 4.69) is 25.5 Å². The molecule has 1 aliphatic heterocycles. The summed E-state index contributed by atoms with van der Waals surface area (Å²) < 4.78 is 6.35. The lowest BCUT2D eigenvalue weighted by atomic mass is 10.0. The van der Waals surface area contributed by atoms with Gasteiger partial charge in [0.1, 0.15) is 18.2 Å². The van der Waals surface area contributed by atoms with E-state index < -0.39 is 0 Å². The van der Waals surface area contributed by atoms with E-state index in [4.69, 9.17) is 17.0 Å². The predicted octanol–water partition coefficient (Wildman–Crippen LogP) is 3.65. The first-order chi connectivity index (χ1) is 17.4. The predicted molar refractivity (Wildman–Crippen MR) is 137 cm³/mol. The second-order valence-corrected chi connectivity index (χ2v) is 9.30. The molecular weight excluding hydrogens is 476 g/mol. The number of hydrogen-bond acceptors (Lipinski definition) is 6. The van der Waals surface area contributed by atoms with Crippen LogP contribution in [0.3, 0.4) is 0 Å². The number of likely N-dealkylation sites (tertiary alicyclic amines) is 1. The summed E-state index contributed by atoms with van der Waals surface area (Å²) in [5.74, 6) is 0.816. The van der Waals surface area contributed by atoms with E-state index in [0.717, 1.165) is 22.2 Å². The Morgan fingerprint density at radius 2 is 1.89 bits per heavy atom. The van der Waals surface area contributed by atoms with E-state index in [1.54, 1.807) is 29.2 Å². The minimum atomic E-state index is -0.297. The maximum atomic E-state index is 13.0. The summed E-state index contributed by atoms with van der Waals surface area (Å²) in [5, 5.41) is 9.84. The van der Waals surface area contributed by atoms with Crippen molar-refractivity contribution in [3.8, 4) is 5.75 Å². The van der Waals surface area contributed by atoms with Crippen LogP contribution in [0.25, 0.3) is 10.9 Å². The third kappa shape index (κ3) is 4.99. The molecule has 36 heavy (non-hydrogen) atoms. The van der Waals surface area contributed by atoms with E-state index in [9.17, 15) is 9.59 Å². The van der Waals surface area contributed by atoms with Gasteiger partial charge >= 0.3 is 0 Å². The number of H-pyrrole nitrogens is 2. The number of carbonyl (C=O) groups is 2. The fourth-order valence-electron chi connectivity index (χ4n) is 4.57. The Morgan fingerprint density at radius 1 is 1.11 bits per heavy atom. The lowest BCUT2D eigenvalue weighted by molar-refractivity contribution is -0.127. The molecule has 0 radical (unpaired) electrons. The molecule has 0 saturated carbocycles. The third-order valence-electron chi connectivity index (χ3n) is 6.39. The number of para-hydroxylation sites is 1. The zero-order valence-electron chi connectivity index (χ0n) is 19.9. The maximum absolute atomic E-state index is 13.0. The summed E-state index contributed by atoms with van der Waals surface area (Å²) in [5.41, 5.74) is 3.43. The zero-order chi connectivity index (χ0) is 25.2. The Hall–Kier alpha value is -4.05. The van der Waals surface area contributed by atoms with Crippen LogP contribution in [0, 0.1) is 11.7 Å². The zero-order valence-corrected chi connectivity index (χ0v) is 20.8. The molecule has 0 spiro atoms. The number of aromatic nitrogens is 4. The Kier molecular flexibility index (Phi) is 6.51. The summed E-state index contributed by atoms with van der Waals surface area (Å²) in [6, 6.07) is 16.7. The largest absolute Gasteiger partial charge is 0.489 e. The lowest BCUT2D eigenvalue weighted by Gasteiger charge is -2.18. The Balaban J connectivity index is 1.26. The summed E-state index contributed by atoms with van der Waals surface area (Å²) in [6.45, 7) is 4.73. The molecule has 2 atom stereocenters. The van der Waals surface area contributed by atoms with Crippen LogP contribution >= 0.6 is 12.2 Å². The molecule has 1 saturated heterocycles. The van der Waals surface area contributed by atoms with Crippen molar-refractivity contribution in [2.75, 3.05) is 13.1 Å². The lowest BCUT2D eigenvalue weighted by Crippen LogP contribution is -2.40. The Labute approximate surface area is 212 Å². The smallest absolute Gasteiger partial charge is 0.251 e. The molecule has 3 N–H and O–H groups in total. The van der Waals surface area contributed by atoms with Crippen molar-refractivity contribution in [3.63, 3.8) is 0 Å². The summed E-state index contributed by atoms with van der Waals surface area (Å²) >= 11 is 5.07. The first-order valence-corrected chi connectivity index (χ1v) is 12.1. The molecule has 1 aliphatic rings. The topological polar surface area (TPSA) is 116 Å². The van der Waals surface area contributed by atoms with Gasteiger partial charge in [-0.2, -0.15) is 0 Å². The molecule has 4 aromatic rings. The number of nitrogens with one attached hydrogen (secondary N) is 3. The molecule has 2 unspecified atom stereocenters. The number of rotatable bonds is 6. The van der Waals surface area contributed by atoms with Crippen molar-refractivity contribution in [1.29, 1.82) is 0 Å². The molecule has 5 rings (SSSR count). The number of aromatic amines is 2. The SMILES string of the molecule is CC(=O)N1CC(NC(=O)c2ccc(OCc3cc(C)nc4ccccc34)cc2)C(c2nc(=S)[nH][nH]2)C1. The van der Waals surface area contributed by atoms with Gasteiger partial charge in [0.05, 0.1) is 17.5 Å². The van der Waals surface area contributed by atoms with E-state index in [-0.39, 0.29) is 23.8 Å². The number of ether oxygens (including phenoxy) is 1. The van der Waals surface area contributed by atoms with Crippen LogP contribution in [0.4, 0.5) is 0 Å². The number of pyridine rings is 1. The second kappa shape index (κ2) is 9.90. The fourth-order valence-corrected chi connectivity index (χ4v) is 4.72. The first-order valence-electron chi connectivity index (χ1n) is 11.7. The Bertz CT molecular complexity index is 1480. The van der Waals surface area contributed by atoms with Crippen LogP contribution in [0.5, 0.6) is 5.75 Å². The van der Waals surface area contributed by atoms with Gasteiger partial charge in [-0.05, 0) is 55.5 Å². The summed E-state index contributed by atoms with van der Waals surface area (Å²) in [6.07, 6.45) is 0. The quantitative estimate of drug-likeness (QED) is 0.347. The number of carbonyl (C=O) groups excluding carboxylic acids is 2. The van der Waals surface area contributed by atoms with Crippen LogP contribution < -0.4 is 10.1 Å². The number of nitrogens with zero attached hydrogens (tertiary/aromatic N) is 3. The van der Waals surface area contributed by atoms with Gasteiger partial charge in [-0.15, -0.1) is 0 Å². The van der Waals surface area contributed by atoms with Crippen LogP contribution in [-0.2, 0) is 11.4 Å². The molecule has 10 heteroatoms. The number of aryl methyl sites for hydroxylation is 1. The van der Waals surface area contributed by atoms with Gasteiger partial charge in [-0.25, -0.2) is 4.98 Å². The minimum absolute atomic E-state index is 0.0513. The van der Waals surface area contributed by atoms with Crippen molar-refractivity contribution in [2.24, 2.45) is 0 Å². The van der Waals surface area contributed by atoms with Gasteiger partial charge in [0.2, 0.25) is 10.7 Å². The van der Waals surface area contributed by atoms with Crippen molar-refractivity contribution < 1.29 is 14.3 Å². The van der Waals surface area contributed by atoms with E-state index in [1.165, 1.54) is 6.92 Å². The van der Waals surface area contributed by atoms with Crippen LogP contribution in [0.15, 0.2) is 54.6 Å². The average molecular weight is 503 g/mol. The average Bonchev–Trinajstić information content (AvgIpc) is 3.49. The van der Waals surface area contributed by atoms with Crippen molar-refractivity contribution >= 4 is 34.9 Å². The van der Waals surface area contributed by atoms with E-state index in [0.29, 0.717) is 41.6 Å². The van der Waals surface area contributed by atoms with Gasteiger partial charge in [-0.3, -0.25) is 24.8 Å². The van der Waals surface area contributed by atoms with Gasteiger partial charge in [0.25, 0.3) is 5.91 Å². The van der Waals surface area contributed by atoms with Gasteiger partial charge in [0.15, 0.2) is 0 Å². The monoisotopic (exact) mass is 502 g/mol. The standard InChI is InChI=1S/C26H26N6O3S/c1-15-11-18(20-5-3-4-6-22(20)27-15)14-35-19-9-7-17(8-10-19)25(34)28-23-13-32(16(2)33)12-21(23)24-29-26(36)31-30-24/h3-11,21,23H,12-14H2,1-2H3,(H,28,34)(H2,29,30,31,36). The molecule has 2 amide bonds. The third-order valence-corrected chi connectivity index (χ3v) is 6.59.